The van der Waals surface area contributed by atoms with E-state index in [0.717, 1.165) is 14.7 Å². The SMILES string of the molecule is CCCn1c(N)c(C(=O)COC(=O)c2cc(C(C)C)cc(C(C)C)c2O)c(=O)n(C)c1=O. The predicted molar refractivity (Wildman–Crippen MR) is 122 cm³/mol. The van der Waals surface area contributed by atoms with Crippen molar-refractivity contribution in [2.24, 2.45) is 7.05 Å². The van der Waals surface area contributed by atoms with Gasteiger partial charge in [0.2, 0.25) is 5.78 Å². The first kappa shape index (κ1) is 24.9. The third kappa shape index (κ3) is 4.76. The first-order valence-electron chi connectivity index (χ1n) is 10.6. The highest BCUT2D eigenvalue weighted by Crippen LogP contribution is 2.33. The number of Topliss-reactive ketones (excluding diaryl/α,β-unsaturated/α-hetero) is 1. The number of aromatic nitrogens is 2. The molecule has 0 aliphatic rings. The van der Waals surface area contributed by atoms with Crippen molar-refractivity contribution in [3.05, 3.63) is 55.2 Å². The van der Waals surface area contributed by atoms with E-state index in [4.69, 9.17) is 10.5 Å². The van der Waals surface area contributed by atoms with Crippen molar-refractivity contribution in [3.8, 4) is 5.75 Å². The van der Waals surface area contributed by atoms with Gasteiger partial charge < -0.3 is 15.6 Å². The largest absolute Gasteiger partial charge is 0.507 e. The molecule has 0 fully saturated rings. The molecule has 1 heterocycles. The van der Waals surface area contributed by atoms with E-state index in [0.29, 0.717) is 12.0 Å². The van der Waals surface area contributed by atoms with Gasteiger partial charge in [-0.1, -0.05) is 40.7 Å². The highest BCUT2D eigenvalue weighted by atomic mass is 16.5. The molecule has 1 aromatic carbocycles. The van der Waals surface area contributed by atoms with Gasteiger partial charge in [-0.05, 0) is 35.4 Å². The van der Waals surface area contributed by atoms with Crippen LogP contribution in [0, 0.1) is 0 Å². The molecule has 3 N–H and O–H groups in total. The quantitative estimate of drug-likeness (QED) is 0.471. The van der Waals surface area contributed by atoms with Crippen molar-refractivity contribution < 1.29 is 19.4 Å². The van der Waals surface area contributed by atoms with Gasteiger partial charge in [0.1, 0.15) is 22.7 Å². The van der Waals surface area contributed by atoms with Crippen LogP contribution in [0.5, 0.6) is 5.75 Å². The summed E-state index contributed by atoms with van der Waals surface area (Å²) >= 11 is 0. The van der Waals surface area contributed by atoms with Gasteiger partial charge in [0.15, 0.2) is 6.61 Å². The number of nitrogen functional groups attached to an aromatic ring is 1. The molecule has 0 atom stereocenters. The molecule has 1 aromatic heterocycles. The summed E-state index contributed by atoms with van der Waals surface area (Å²) < 4.78 is 7.08. The van der Waals surface area contributed by atoms with Gasteiger partial charge in [-0.15, -0.1) is 0 Å². The number of nitrogens with zero attached hydrogens (tertiary/aromatic N) is 2. The summed E-state index contributed by atoms with van der Waals surface area (Å²) in [5.74, 6) is -2.11. The predicted octanol–water partition coefficient (Wildman–Crippen LogP) is 2.53. The van der Waals surface area contributed by atoms with Gasteiger partial charge >= 0.3 is 11.7 Å². The number of carbonyl (C=O) groups excluding carboxylic acids is 2. The fourth-order valence-corrected chi connectivity index (χ4v) is 3.38. The first-order valence-corrected chi connectivity index (χ1v) is 10.6. The monoisotopic (exact) mass is 445 g/mol. The molecule has 0 aliphatic heterocycles. The topological polar surface area (TPSA) is 134 Å². The van der Waals surface area contributed by atoms with Crippen LogP contribution >= 0.6 is 0 Å². The molecule has 2 aromatic rings. The Labute approximate surface area is 186 Å². The second-order valence-corrected chi connectivity index (χ2v) is 8.37. The molecular weight excluding hydrogens is 414 g/mol. The second kappa shape index (κ2) is 9.84. The summed E-state index contributed by atoms with van der Waals surface area (Å²) in [6.07, 6.45) is 0.564. The molecule has 9 nitrogen and oxygen atoms in total. The number of benzene rings is 1. The molecular formula is C23H31N3O6. The van der Waals surface area contributed by atoms with Gasteiger partial charge in [-0.3, -0.25) is 18.7 Å². The number of ether oxygens (including phenoxy) is 1. The molecule has 0 saturated heterocycles. The van der Waals surface area contributed by atoms with Gasteiger partial charge in [0, 0.05) is 13.6 Å². The van der Waals surface area contributed by atoms with Crippen molar-refractivity contribution in [1.82, 2.24) is 9.13 Å². The second-order valence-electron chi connectivity index (χ2n) is 8.37. The van der Waals surface area contributed by atoms with E-state index in [1.54, 1.807) is 0 Å². The van der Waals surface area contributed by atoms with Gasteiger partial charge in [-0.25, -0.2) is 9.59 Å². The minimum Gasteiger partial charge on any atom is -0.507 e. The van der Waals surface area contributed by atoms with Crippen LogP contribution in [-0.4, -0.2) is 32.6 Å². The van der Waals surface area contributed by atoms with E-state index >= 15 is 0 Å². The van der Waals surface area contributed by atoms with E-state index < -0.39 is 35.2 Å². The molecule has 9 heteroatoms. The minimum absolute atomic E-state index is 0.0377. The summed E-state index contributed by atoms with van der Waals surface area (Å²) in [4.78, 5) is 50.2. The Morgan fingerprint density at radius 3 is 2.28 bits per heavy atom. The van der Waals surface area contributed by atoms with Crippen molar-refractivity contribution in [1.29, 1.82) is 0 Å². The molecule has 0 amide bonds. The van der Waals surface area contributed by atoms with Crippen LogP contribution < -0.4 is 17.0 Å². The van der Waals surface area contributed by atoms with Crippen molar-refractivity contribution in [3.63, 3.8) is 0 Å². The number of carbonyl (C=O) groups is 2. The fourth-order valence-electron chi connectivity index (χ4n) is 3.38. The lowest BCUT2D eigenvalue weighted by Crippen LogP contribution is -2.43. The lowest BCUT2D eigenvalue weighted by Gasteiger charge is -2.17. The summed E-state index contributed by atoms with van der Waals surface area (Å²) in [6.45, 7) is 8.99. The number of hydrogen-bond acceptors (Lipinski definition) is 7. The lowest BCUT2D eigenvalue weighted by molar-refractivity contribution is 0.0471. The van der Waals surface area contributed by atoms with E-state index in [1.165, 1.54) is 13.1 Å². The number of aromatic hydroxyl groups is 1. The highest BCUT2D eigenvalue weighted by molar-refractivity contribution is 6.02. The van der Waals surface area contributed by atoms with E-state index in [-0.39, 0.29) is 35.5 Å². The standard InChI is InChI=1S/C23H31N3O6/c1-7-8-26-20(24)18(21(29)25(6)23(26)31)17(27)11-32-22(30)16-10-14(12(2)3)9-15(13(4)5)19(16)28/h9-10,12-13,28H,7-8,11,24H2,1-6H3. The average Bonchev–Trinajstić information content (AvgIpc) is 2.73. The third-order valence-corrected chi connectivity index (χ3v) is 5.31. The fraction of sp³-hybridized carbons (Fsp3) is 0.478. The zero-order valence-electron chi connectivity index (χ0n) is 19.4. The Morgan fingerprint density at radius 2 is 1.75 bits per heavy atom. The zero-order chi connectivity index (χ0) is 24.3. The van der Waals surface area contributed by atoms with Crippen LogP contribution in [0.3, 0.4) is 0 Å². The zero-order valence-corrected chi connectivity index (χ0v) is 19.4. The van der Waals surface area contributed by atoms with E-state index in [9.17, 15) is 24.3 Å². The minimum atomic E-state index is -0.891. The number of phenolic OH excluding ortho intramolecular Hbond substituents is 1. The summed E-state index contributed by atoms with van der Waals surface area (Å²) in [6, 6.07) is 3.38. The third-order valence-electron chi connectivity index (χ3n) is 5.31. The molecule has 0 spiro atoms. The number of anilines is 1. The molecule has 0 bridgehead atoms. The van der Waals surface area contributed by atoms with E-state index in [1.807, 2.05) is 40.7 Å². The molecule has 0 saturated carbocycles. The smallest absolute Gasteiger partial charge is 0.342 e. The molecule has 2 rings (SSSR count). The van der Waals surface area contributed by atoms with Crippen LogP contribution in [0.15, 0.2) is 21.7 Å². The normalized spacial score (nSPS) is 11.2. The van der Waals surface area contributed by atoms with Crippen LogP contribution in [0.2, 0.25) is 0 Å². The van der Waals surface area contributed by atoms with Gasteiger partial charge in [0.25, 0.3) is 5.56 Å². The lowest BCUT2D eigenvalue weighted by atomic mass is 9.92. The number of esters is 1. The van der Waals surface area contributed by atoms with Crippen molar-refractivity contribution >= 4 is 17.6 Å². The maximum Gasteiger partial charge on any atom is 0.342 e. The van der Waals surface area contributed by atoms with Crippen LogP contribution in [0.25, 0.3) is 0 Å². The Morgan fingerprint density at radius 1 is 1.12 bits per heavy atom. The van der Waals surface area contributed by atoms with Gasteiger partial charge in [0.05, 0.1) is 0 Å². The Bertz CT molecular complexity index is 1160. The molecule has 0 radical (unpaired) electrons. The van der Waals surface area contributed by atoms with E-state index in [2.05, 4.69) is 0 Å². The van der Waals surface area contributed by atoms with Gasteiger partial charge in [-0.2, -0.15) is 0 Å². The highest BCUT2D eigenvalue weighted by Gasteiger charge is 2.25. The first-order chi connectivity index (χ1) is 14.9. The van der Waals surface area contributed by atoms with Crippen LogP contribution in [0.4, 0.5) is 5.82 Å². The van der Waals surface area contributed by atoms with Crippen molar-refractivity contribution in [2.45, 2.75) is 59.4 Å². The Balaban J connectivity index is 2.39. The number of phenols is 1. The number of nitrogens with two attached hydrogens (primary N) is 1. The summed E-state index contributed by atoms with van der Waals surface area (Å²) in [5, 5.41) is 10.6. The summed E-state index contributed by atoms with van der Waals surface area (Å²) in [5.41, 5.74) is 5.44. The number of hydrogen-bond donors (Lipinski definition) is 2. The van der Waals surface area contributed by atoms with Crippen molar-refractivity contribution in [2.75, 3.05) is 12.3 Å². The Hall–Kier alpha value is -3.36. The maximum absolute atomic E-state index is 12.7. The molecule has 174 valence electrons. The maximum atomic E-state index is 12.7. The van der Waals surface area contributed by atoms with Crippen LogP contribution in [-0.2, 0) is 18.3 Å². The summed E-state index contributed by atoms with van der Waals surface area (Å²) in [7, 11) is 1.25. The number of ketones is 1. The molecule has 0 unspecified atom stereocenters. The average molecular weight is 446 g/mol. The molecule has 32 heavy (non-hydrogen) atoms. The Kier molecular flexibility index (Phi) is 7.66. The molecule has 0 aliphatic carbocycles. The van der Waals surface area contributed by atoms with Crippen LogP contribution in [0.1, 0.15) is 84.7 Å². The number of rotatable bonds is 8.